The molecule has 7 nitrogen and oxygen atoms in total. The Hall–Kier alpha value is -2.45. The second-order valence-electron chi connectivity index (χ2n) is 8.28. The van der Waals surface area contributed by atoms with Crippen molar-refractivity contribution in [2.75, 3.05) is 13.1 Å². The van der Waals surface area contributed by atoms with Crippen molar-refractivity contribution < 1.29 is 4.79 Å². The van der Waals surface area contributed by atoms with Crippen LogP contribution in [0, 0.1) is 0 Å². The SMILES string of the molecule is CCC(=O)N1CCc2nc3cc(C4CCCCN4Cc4ccsc4)[nH]n3c(=O)c2C1. The number of carbonyl (C=O) groups excluding carboxylic acids is 1. The topological polar surface area (TPSA) is 73.7 Å². The van der Waals surface area contributed by atoms with Gasteiger partial charge in [-0.05, 0) is 41.8 Å². The van der Waals surface area contributed by atoms with Crippen LogP contribution >= 0.6 is 11.3 Å². The Labute approximate surface area is 179 Å². The molecule has 1 unspecified atom stereocenters. The van der Waals surface area contributed by atoms with Crippen molar-refractivity contribution >= 4 is 22.9 Å². The third kappa shape index (κ3) is 3.48. The second-order valence-corrected chi connectivity index (χ2v) is 9.06. The third-order valence-electron chi connectivity index (χ3n) is 6.37. The highest BCUT2D eigenvalue weighted by Gasteiger charge is 2.28. The van der Waals surface area contributed by atoms with Gasteiger partial charge in [-0.2, -0.15) is 11.3 Å². The minimum Gasteiger partial charge on any atom is -0.338 e. The number of carbonyl (C=O) groups is 1. The first-order valence-corrected chi connectivity index (χ1v) is 11.7. The summed E-state index contributed by atoms with van der Waals surface area (Å²) in [5.41, 5.74) is 4.49. The summed E-state index contributed by atoms with van der Waals surface area (Å²) >= 11 is 1.73. The molecule has 158 valence electrons. The van der Waals surface area contributed by atoms with Gasteiger partial charge in [0.15, 0.2) is 5.65 Å². The smallest absolute Gasteiger partial charge is 0.277 e. The standard InChI is InChI=1S/C22H27N5O2S/c1-2-21(28)26-9-6-17-16(13-26)22(29)27-20(23-17)11-18(24-27)19-5-3-4-8-25(19)12-15-7-10-30-14-15/h7,10-11,14,19,24H,2-6,8-9,12-13H2,1H3. The second kappa shape index (κ2) is 8.00. The zero-order valence-corrected chi connectivity index (χ0v) is 18.1. The number of thiophene rings is 1. The molecule has 1 saturated heterocycles. The first kappa shape index (κ1) is 19.5. The Kier molecular flexibility index (Phi) is 5.20. The van der Waals surface area contributed by atoms with Gasteiger partial charge in [0.25, 0.3) is 5.56 Å². The normalized spacial score (nSPS) is 19.9. The molecule has 0 bridgehead atoms. The molecule has 1 N–H and O–H groups in total. The summed E-state index contributed by atoms with van der Waals surface area (Å²) in [6.07, 6.45) is 4.56. The Bertz CT molecular complexity index is 1120. The van der Waals surface area contributed by atoms with E-state index in [1.54, 1.807) is 20.8 Å². The van der Waals surface area contributed by atoms with Crippen molar-refractivity contribution in [3.8, 4) is 0 Å². The van der Waals surface area contributed by atoms with Gasteiger partial charge in [-0.3, -0.25) is 19.6 Å². The van der Waals surface area contributed by atoms with E-state index in [1.807, 2.05) is 13.0 Å². The van der Waals surface area contributed by atoms with E-state index in [-0.39, 0.29) is 17.5 Å². The summed E-state index contributed by atoms with van der Waals surface area (Å²) < 4.78 is 1.57. The molecule has 1 amide bonds. The maximum atomic E-state index is 13.2. The van der Waals surface area contributed by atoms with Crippen LogP contribution in [0.1, 0.15) is 61.2 Å². The lowest BCUT2D eigenvalue weighted by atomic mass is 9.99. The van der Waals surface area contributed by atoms with Crippen LogP contribution in [-0.4, -0.2) is 43.4 Å². The minimum atomic E-state index is -0.0740. The van der Waals surface area contributed by atoms with E-state index in [1.165, 1.54) is 18.4 Å². The van der Waals surface area contributed by atoms with Gasteiger partial charge in [0.2, 0.25) is 5.91 Å². The van der Waals surface area contributed by atoms with Gasteiger partial charge in [0.1, 0.15) is 0 Å². The fourth-order valence-corrected chi connectivity index (χ4v) is 5.42. The molecule has 0 spiro atoms. The van der Waals surface area contributed by atoms with Crippen molar-refractivity contribution in [2.45, 2.75) is 58.2 Å². The lowest BCUT2D eigenvalue weighted by Crippen LogP contribution is -2.40. The number of nitrogens with zero attached hydrogens (tertiary/aromatic N) is 4. The van der Waals surface area contributed by atoms with Gasteiger partial charge in [0, 0.05) is 32.0 Å². The van der Waals surface area contributed by atoms with Crippen LogP contribution < -0.4 is 5.56 Å². The van der Waals surface area contributed by atoms with Crippen molar-refractivity contribution in [1.29, 1.82) is 0 Å². The molecule has 1 fully saturated rings. The van der Waals surface area contributed by atoms with Gasteiger partial charge in [-0.15, -0.1) is 0 Å². The number of hydrogen-bond acceptors (Lipinski definition) is 5. The van der Waals surface area contributed by atoms with Crippen LogP contribution in [0.2, 0.25) is 0 Å². The molecule has 0 aliphatic carbocycles. The van der Waals surface area contributed by atoms with E-state index in [9.17, 15) is 9.59 Å². The average Bonchev–Trinajstić information content (AvgIpc) is 3.43. The van der Waals surface area contributed by atoms with Crippen LogP contribution in [-0.2, 0) is 24.3 Å². The van der Waals surface area contributed by atoms with Crippen LogP contribution in [0.3, 0.4) is 0 Å². The van der Waals surface area contributed by atoms with E-state index >= 15 is 0 Å². The number of amides is 1. The monoisotopic (exact) mass is 425 g/mol. The maximum absolute atomic E-state index is 13.2. The number of hydrogen-bond donors (Lipinski definition) is 1. The molecular weight excluding hydrogens is 398 g/mol. The zero-order valence-electron chi connectivity index (χ0n) is 17.3. The van der Waals surface area contributed by atoms with Crippen LogP contribution in [0.25, 0.3) is 5.65 Å². The number of H-pyrrole nitrogens is 1. The van der Waals surface area contributed by atoms with Crippen LogP contribution in [0.5, 0.6) is 0 Å². The van der Waals surface area contributed by atoms with Crippen LogP contribution in [0.15, 0.2) is 27.7 Å². The number of aromatic amines is 1. The number of fused-ring (bicyclic) bond motifs is 2. The Morgan fingerprint density at radius 2 is 2.23 bits per heavy atom. The molecule has 3 aromatic rings. The summed E-state index contributed by atoms with van der Waals surface area (Å²) in [4.78, 5) is 34.4. The molecule has 5 rings (SSSR count). The molecule has 0 saturated carbocycles. The molecule has 1 atom stereocenters. The van der Waals surface area contributed by atoms with Gasteiger partial charge < -0.3 is 4.90 Å². The average molecular weight is 426 g/mol. The van der Waals surface area contributed by atoms with Crippen LogP contribution in [0.4, 0.5) is 0 Å². The largest absolute Gasteiger partial charge is 0.338 e. The van der Waals surface area contributed by atoms with E-state index < -0.39 is 0 Å². The predicted octanol–water partition coefficient (Wildman–Crippen LogP) is 3.11. The highest BCUT2D eigenvalue weighted by molar-refractivity contribution is 7.07. The number of nitrogens with one attached hydrogen (secondary N) is 1. The van der Waals surface area contributed by atoms with E-state index in [2.05, 4.69) is 26.8 Å². The van der Waals surface area contributed by atoms with Crippen molar-refractivity contribution in [3.63, 3.8) is 0 Å². The summed E-state index contributed by atoms with van der Waals surface area (Å²) in [5.74, 6) is 0.0867. The fraction of sp³-hybridized carbons (Fsp3) is 0.500. The zero-order chi connectivity index (χ0) is 20.7. The summed E-state index contributed by atoms with van der Waals surface area (Å²) in [6, 6.07) is 4.49. The van der Waals surface area contributed by atoms with E-state index in [0.29, 0.717) is 37.1 Å². The molecule has 2 aliphatic rings. The Morgan fingerprint density at radius 1 is 1.33 bits per heavy atom. The first-order chi connectivity index (χ1) is 14.6. The Balaban J connectivity index is 1.48. The van der Waals surface area contributed by atoms with Gasteiger partial charge in [-0.25, -0.2) is 9.50 Å². The molecule has 5 heterocycles. The van der Waals surface area contributed by atoms with Crippen molar-refractivity contribution in [1.82, 2.24) is 24.4 Å². The summed E-state index contributed by atoms with van der Waals surface area (Å²) in [7, 11) is 0. The quantitative estimate of drug-likeness (QED) is 0.697. The van der Waals surface area contributed by atoms with E-state index in [4.69, 9.17) is 4.98 Å². The molecule has 2 aliphatic heterocycles. The van der Waals surface area contributed by atoms with Crippen molar-refractivity contribution in [2.24, 2.45) is 0 Å². The minimum absolute atomic E-state index is 0.0740. The number of rotatable bonds is 4. The highest BCUT2D eigenvalue weighted by atomic mass is 32.1. The third-order valence-corrected chi connectivity index (χ3v) is 7.11. The molecule has 3 aromatic heterocycles. The lowest BCUT2D eigenvalue weighted by Gasteiger charge is -2.34. The number of aromatic nitrogens is 3. The molecular formula is C22H27N5O2S. The molecule has 0 radical (unpaired) electrons. The Morgan fingerprint density at radius 3 is 3.03 bits per heavy atom. The summed E-state index contributed by atoms with van der Waals surface area (Å²) in [6.45, 7) is 4.84. The molecule has 8 heteroatoms. The fourth-order valence-electron chi connectivity index (χ4n) is 4.76. The van der Waals surface area contributed by atoms with Crippen molar-refractivity contribution in [3.05, 3.63) is 55.8 Å². The first-order valence-electron chi connectivity index (χ1n) is 10.8. The van der Waals surface area contributed by atoms with Gasteiger partial charge in [-0.1, -0.05) is 13.3 Å². The molecule has 30 heavy (non-hydrogen) atoms. The number of piperidine rings is 1. The maximum Gasteiger partial charge on any atom is 0.277 e. The van der Waals surface area contributed by atoms with Gasteiger partial charge >= 0.3 is 0 Å². The highest BCUT2D eigenvalue weighted by Crippen LogP contribution is 2.32. The van der Waals surface area contributed by atoms with E-state index in [0.717, 1.165) is 30.9 Å². The number of likely N-dealkylation sites (tertiary alicyclic amines) is 1. The molecule has 0 aromatic carbocycles. The predicted molar refractivity (Wildman–Crippen MR) is 117 cm³/mol. The van der Waals surface area contributed by atoms with Gasteiger partial charge in [0.05, 0.1) is 29.5 Å². The lowest BCUT2D eigenvalue weighted by molar-refractivity contribution is -0.131. The summed E-state index contributed by atoms with van der Waals surface area (Å²) in [5, 5.41) is 7.68.